The molecular weight excluding hydrogens is 428 g/mol. The fourth-order valence-electron chi connectivity index (χ4n) is 4.39. The molecule has 0 radical (unpaired) electrons. The zero-order chi connectivity index (χ0) is 21.6. The van der Waals surface area contributed by atoms with Gasteiger partial charge >= 0.3 is 0 Å². The number of carbonyl (C=O) groups excluding carboxylic acids is 1. The minimum atomic E-state index is -0.0719. The van der Waals surface area contributed by atoms with Gasteiger partial charge in [-0.25, -0.2) is 0 Å². The molecule has 1 saturated carbocycles. The van der Waals surface area contributed by atoms with E-state index >= 15 is 0 Å². The van der Waals surface area contributed by atoms with Gasteiger partial charge in [0.05, 0.1) is 6.04 Å². The van der Waals surface area contributed by atoms with Crippen LogP contribution < -0.4 is 5.32 Å². The van der Waals surface area contributed by atoms with Gasteiger partial charge in [0.2, 0.25) is 5.91 Å². The first-order valence-corrected chi connectivity index (χ1v) is 11.6. The summed E-state index contributed by atoms with van der Waals surface area (Å²) in [6.45, 7) is 0.112. The average molecular weight is 455 g/mol. The molecule has 2 aromatic carbocycles. The molecule has 1 fully saturated rings. The Bertz CT molecular complexity index is 1060. The van der Waals surface area contributed by atoms with Crippen molar-refractivity contribution in [2.45, 2.75) is 51.1 Å². The van der Waals surface area contributed by atoms with E-state index in [0.717, 1.165) is 17.5 Å². The van der Waals surface area contributed by atoms with E-state index in [1.165, 1.54) is 32.1 Å². The number of halogens is 1. The molecule has 1 atom stereocenters. The maximum Gasteiger partial charge on any atom is 0.240 e. The van der Waals surface area contributed by atoms with Crippen molar-refractivity contribution in [1.82, 2.24) is 20.1 Å². The van der Waals surface area contributed by atoms with E-state index < -0.39 is 0 Å². The summed E-state index contributed by atoms with van der Waals surface area (Å²) < 4.78 is 2.15. The SMILES string of the molecule is O=C(Cn1c(-c2ccc(Cl)cc2)n[nH]c1=S)NC(CC1CCCCC1)c1ccccc1. The molecule has 0 aliphatic heterocycles. The van der Waals surface area contributed by atoms with Crippen LogP contribution in [-0.4, -0.2) is 20.7 Å². The van der Waals surface area contributed by atoms with E-state index in [0.29, 0.717) is 21.5 Å². The van der Waals surface area contributed by atoms with Crippen molar-refractivity contribution in [2.24, 2.45) is 5.92 Å². The highest BCUT2D eigenvalue weighted by Gasteiger charge is 2.22. The van der Waals surface area contributed by atoms with Crippen molar-refractivity contribution in [3.05, 3.63) is 70.0 Å². The third kappa shape index (κ3) is 5.63. The van der Waals surface area contributed by atoms with Gasteiger partial charge < -0.3 is 5.32 Å². The smallest absolute Gasteiger partial charge is 0.240 e. The summed E-state index contributed by atoms with van der Waals surface area (Å²) in [5.41, 5.74) is 2.00. The molecule has 1 aliphatic carbocycles. The number of amides is 1. The summed E-state index contributed by atoms with van der Waals surface area (Å²) >= 11 is 11.4. The largest absolute Gasteiger partial charge is 0.348 e. The van der Waals surface area contributed by atoms with E-state index in [-0.39, 0.29) is 18.5 Å². The third-order valence-corrected chi connectivity index (χ3v) is 6.56. The Morgan fingerprint density at radius 2 is 1.84 bits per heavy atom. The van der Waals surface area contributed by atoms with Gasteiger partial charge in [-0.1, -0.05) is 74.0 Å². The molecule has 31 heavy (non-hydrogen) atoms. The van der Waals surface area contributed by atoms with Crippen LogP contribution in [0, 0.1) is 10.7 Å². The summed E-state index contributed by atoms with van der Waals surface area (Å²) in [6.07, 6.45) is 7.35. The van der Waals surface area contributed by atoms with Crippen molar-refractivity contribution < 1.29 is 4.79 Å². The first-order valence-electron chi connectivity index (χ1n) is 10.9. The van der Waals surface area contributed by atoms with Gasteiger partial charge in [-0.2, -0.15) is 5.10 Å². The van der Waals surface area contributed by atoms with Crippen LogP contribution in [0.4, 0.5) is 0 Å². The van der Waals surface area contributed by atoms with E-state index in [1.54, 1.807) is 16.7 Å². The lowest BCUT2D eigenvalue weighted by atomic mass is 9.83. The summed E-state index contributed by atoms with van der Waals surface area (Å²) in [5, 5.41) is 11.0. The molecule has 3 aromatic rings. The van der Waals surface area contributed by atoms with Crippen molar-refractivity contribution >= 4 is 29.7 Å². The number of rotatable bonds is 7. The molecular formula is C24H27ClN4OS. The highest BCUT2D eigenvalue weighted by atomic mass is 35.5. The Balaban J connectivity index is 1.51. The molecule has 2 N–H and O–H groups in total. The number of hydrogen-bond acceptors (Lipinski definition) is 3. The predicted molar refractivity (Wildman–Crippen MR) is 126 cm³/mol. The number of H-pyrrole nitrogens is 1. The highest BCUT2D eigenvalue weighted by molar-refractivity contribution is 7.71. The predicted octanol–water partition coefficient (Wildman–Crippen LogP) is 6.09. The van der Waals surface area contributed by atoms with Gasteiger partial charge in [0.15, 0.2) is 10.6 Å². The second kappa shape index (κ2) is 10.2. The van der Waals surface area contributed by atoms with Crippen LogP contribution in [-0.2, 0) is 11.3 Å². The van der Waals surface area contributed by atoms with Crippen LogP contribution in [0.25, 0.3) is 11.4 Å². The Hall–Kier alpha value is -2.44. The molecule has 0 spiro atoms. The maximum absolute atomic E-state index is 13.1. The molecule has 0 saturated heterocycles. The van der Waals surface area contributed by atoms with Crippen LogP contribution in [0.3, 0.4) is 0 Å². The van der Waals surface area contributed by atoms with Gasteiger partial charge in [0, 0.05) is 10.6 Å². The zero-order valence-electron chi connectivity index (χ0n) is 17.4. The fraction of sp³-hybridized carbons (Fsp3) is 0.375. The monoisotopic (exact) mass is 454 g/mol. The van der Waals surface area contributed by atoms with Gasteiger partial charge in [-0.3, -0.25) is 14.5 Å². The first kappa shape index (κ1) is 21.8. The van der Waals surface area contributed by atoms with Crippen molar-refractivity contribution in [1.29, 1.82) is 0 Å². The molecule has 7 heteroatoms. The van der Waals surface area contributed by atoms with Crippen LogP contribution in [0.15, 0.2) is 54.6 Å². The topological polar surface area (TPSA) is 62.7 Å². The quantitative estimate of drug-likeness (QED) is 0.424. The molecule has 1 amide bonds. The summed E-state index contributed by atoms with van der Waals surface area (Å²) in [5.74, 6) is 1.21. The van der Waals surface area contributed by atoms with Crippen molar-refractivity contribution in [3.63, 3.8) is 0 Å². The lowest BCUT2D eigenvalue weighted by Gasteiger charge is -2.27. The van der Waals surface area contributed by atoms with E-state index in [1.807, 2.05) is 30.3 Å². The van der Waals surface area contributed by atoms with Crippen LogP contribution in [0.2, 0.25) is 5.02 Å². The number of benzene rings is 2. The molecule has 1 heterocycles. The van der Waals surface area contributed by atoms with Crippen LogP contribution >= 0.6 is 23.8 Å². The van der Waals surface area contributed by atoms with Crippen LogP contribution in [0.1, 0.15) is 50.1 Å². The number of nitrogens with zero attached hydrogens (tertiary/aromatic N) is 2. The lowest BCUT2D eigenvalue weighted by molar-refractivity contribution is -0.122. The van der Waals surface area contributed by atoms with E-state index in [9.17, 15) is 4.79 Å². The minimum absolute atomic E-state index is 0.00291. The molecule has 1 aliphatic rings. The summed E-state index contributed by atoms with van der Waals surface area (Å²) in [6, 6.07) is 17.6. The average Bonchev–Trinajstić information content (AvgIpc) is 3.15. The second-order valence-corrected chi connectivity index (χ2v) is 9.04. The summed E-state index contributed by atoms with van der Waals surface area (Å²) in [4.78, 5) is 13.1. The standard InChI is InChI=1S/C24H27ClN4OS/c25-20-13-11-19(12-14-20)23-27-28-24(31)29(23)16-22(30)26-21(18-9-5-2-6-10-18)15-17-7-3-1-4-8-17/h2,5-6,9-14,17,21H,1,3-4,7-8,15-16H2,(H,26,30)(H,28,31). The van der Waals surface area contributed by atoms with Crippen LogP contribution in [0.5, 0.6) is 0 Å². The first-order chi connectivity index (χ1) is 15.1. The Kier molecular flexibility index (Phi) is 7.20. The van der Waals surface area contributed by atoms with E-state index in [4.69, 9.17) is 23.8 Å². The number of aromatic nitrogens is 3. The molecule has 5 nitrogen and oxygen atoms in total. The Morgan fingerprint density at radius 1 is 1.13 bits per heavy atom. The van der Waals surface area contributed by atoms with Crippen molar-refractivity contribution in [2.75, 3.05) is 0 Å². The van der Waals surface area contributed by atoms with Gasteiger partial charge in [0.25, 0.3) is 0 Å². The number of aromatic amines is 1. The number of hydrogen-bond donors (Lipinski definition) is 2. The molecule has 162 valence electrons. The highest BCUT2D eigenvalue weighted by Crippen LogP contribution is 2.32. The molecule has 1 aromatic heterocycles. The second-order valence-electron chi connectivity index (χ2n) is 8.22. The Labute approximate surface area is 192 Å². The third-order valence-electron chi connectivity index (χ3n) is 5.99. The number of carbonyl (C=O) groups is 1. The Morgan fingerprint density at radius 3 is 2.55 bits per heavy atom. The lowest BCUT2D eigenvalue weighted by Crippen LogP contribution is -2.33. The van der Waals surface area contributed by atoms with Crippen molar-refractivity contribution in [3.8, 4) is 11.4 Å². The fourth-order valence-corrected chi connectivity index (χ4v) is 4.71. The number of nitrogens with one attached hydrogen (secondary N) is 2. The summed E-state index contributed by atoms with van der Waals surface area (Å²) in [7, 11) is 0. The zero-order valence-corrected chi connectivity index (χ0v) is 19.0. The van der Waals surface area contributed by atoms with Gasteiger partial charge in [-0.05, 0) is 54.4 Å². The molecule has 0 bridgehead atoms. The normalized spacial score (nSPS) is 15.5. The van der Waals surface area contributed by atoms with Gasteiger partial charge in [0.1, 0.15) is 6.54 Å². The molecule has 1 unspecified atom stereocenters. The van der Waals surface area contributed by atoms with Gasteiger partial charge in [-0.15, -0.1) is 0 Å². The maximum atomic E-state index is 13.1. The van der Waals surface area contributed by atoms with E-state index in [2.05, 4.69) is 27.6 Å². The molecule has 4 rings (SSSR count). The minimum Gasteiger partial charge on any atom is -0.348 e.